The van der Waals surface area contributed by atoms with Crippen molar-refractivity contribution in [1.82, 2.24) is 0 Å². The van der Waals surface area contributed by atoms with E-state index in [0.29, 0.717) is 5.75 Å². The first kappa shape index (κ1) is 10.0. The Kier molecular flexibility index (Phi) is 3.56. The van der Waals surface area contributed by atoms with Gasteiger partial charge in [0.1, 0.15) is 0 Å². The molecule has 2 nitrogen and oxygen atoms in total. The van der Waals surface area contributed by atoms with Gasteiger partial charge in [0.25, 0.3) is 0 Å². The quantitative estimate of drug-likeness (QED) is 0.636. The Hall–Kier alpha value is -0.0500. The summed E-state index contributed by atoms with van der Waals surface area (Å²) in [6.07, 6.45) is 6.13. The molecule has 1 aliphatic heterocycles. The first-order chi connectivity index (χ1) is 5.67. The first-order valence-electron chi connectivity index (χ1n) is 4.88. The van der Waals surface area contributed by atoms with Crippen molar-refractivity contribution in [2.75, 3.05) is 5.75 Å². The van der Waals surface area contributed by atoms with Crippen LogP contribution in [-0.4, -0.2) is 19.4 Å². The van der Waals surface area contributed by atoms with Crippen molar-refractivity contribution in [2.45, 2.75) is 50.7 Å². The van der Waals surface area contributed by atoms with Gasteiger partial charge in [-0.05, 0) is 19.3 Å². The fraction of sp³-hybridized carbons (Fsp3) is 1.00. The molecular weight excluding hydrogens is 172 g/mol. The summed E-state index contributed by atoms with van der Waals surface area (Å²) in [6.45, 7) is 2.14. The summed E-state index contributed by atoms with van der Waals surface area (Å²) >= 11 is 0. The monoisotopic (exact) mass is 190 g/mol. The molecule has 1 rings (SSSR count). The van der Waals surface area contributed by atoms with Gasteiger partial charge in [0.05, 0.1) is 11.0 Å². The van der Waals surface area contributed by atoms with E-state index in [1.165, 1.54) is 12.8 Å². The van der Waals surface area contributed by atoms with Crippen LogP contribution in [0, 0.1) is 0 Å². The van der Waals surface area contributed by atoms with Gasteiger partial charge in [-0.3, -0.25) is 0 Å². The van der Waals surface area contributed by atoms with Crippen LogP contribution < -0.4 is 0 Å². The minimum atomic E-state index is -2.67. The minimum absolute atomic E-state index is 0.00375. The first-order valence-corrected chi connectivity index (χ1v) is 6.60. The normalized spacial score (nSPS) is 27.6. The summed E-state index contributed by atoms with van der Waals surface area (Å²) < 4.78 is 22.7. The Morgan fingerprint density at radius 2 is 2.08 bits per heavy atom. The summed E-state index contributed by atoms with van der Waals surface area (Å²) in [6, 6.07) is 0. The van der Waals surface area contributed by atoms with E-state index >= 15 is 0 Å². The maximum Gasteiger partial charge on any atom is 0.153 e. The highest BCUT2D eigenvalue weighted by molar-refractivity contribution is 7.92. The van der Waals surface area contributed by atoms with Crippen molar-refractivity contribution >= 4 is 9.84 Å². The van der Waals surface area contributed by atoms with Crippen molar-refractivity contribution < 1.29 is 8.42 Å². The number of unbranched alkanes of at least 4 members (excludes halogenated alkanes) is 2. The van der Waals surface area contributed by atoms with E-state index in [9.17, 15) is 8.42 Å². The molecule has 0 aromatic carbocycles. The molecule has 1 atom stereocenters. The van der Waals surface area contributed by atoms with Gasteiger partial charge in [-0.1, -0.05) is 26.2 Å². The van der Waals surface area contributed by atoms with E-state index in [1.807, 2.05) is 0 Å². The van der Waals surface area contributed by atoms with Crippen LogP contribution in [0.2, 0.25) is 0 Å². The number of sulfone groups is 1. The van der Waals surface area contributed by atoms with Crippen LogP contribution in [0.1, 0.15) is 45.4 Å². The van der Waals surface area contributed by atoms with Crippen LogP contribution in [0.25, 0.3) is 0 Å². The predicted molar refractivity (Wildman–Crippen MR) is 51.0 cm³/mol. The molecule has 1 heterocycles. The van der Waals surface area contributed by atoms with Crippen molar-refractivity contribution in [3.63, 3.8) is 0 Å². The molecule has 1 fully saturated rings. The van der Waals surface area contributed by atoms with E-state index in [1.54, 1.807) is 0 Å². The van der Waals surface area contributed by atoms with Crippen LogP contribution in [0.3, 0.4) is 0 Å². The molecular formula is C9H18O2S. The summed E-state index contributed by atoms with van der Waals surface area (Å²) in [5.74, 6) is 0.434. The zero-order valence-electron chi connectivity index (χ0n) is 7.75. The largest absolute Gasteiger partial charge is 0.229 e. The maximum atomic E-state index is 11.4. The van der Waals surface area contributed by atoms with Gasteiger partial charge in [-0.15, -0.1) is 0 Å². The van der Waals surface area contributed by atoms with Crippen molar-refractivity contribution in [3.05, 3.63) is 0 Å². The third kappa shape index (κ3) is 2.47. The Morgan fingerprint density at radius 3 is 2.58 bits per heavy atom. The van der Waals surface area contributed by atoms with Gasteiger partial charge in [0, 0.05) is 0 Å². The fourth-order valence-corrected chi connectivity index (χ4v) is 3.76. The lowest BCUT2D eigenvalue weighted by atomic mass is 10.1. The average Bonchev–Trinajstić information content (AvgIpc) is 2.32. The molecule has 0 spiro atoms. The standard InChI is InChI=1S/C9H18O2S/c1-2-3-4-6-9-7-5-8-12(9,10)11/h9H,2-8H2,1H3/t9-/m1/s1. The lowest BCUT2D eigenvalue weighted by Gasteiger charge is -2.07. The van der Waals surface area contributed by atoms with Crippen LogP contribution in [0.4, 0.5) is 0 Å². The highest BCUT2D eigenvalue weighted by atomic mass is 32.2. The second-order valence-corrected chi connectivity index (χ2v) is 6.03. The molecule has 1 saturated heterocycles. The highest BCUT2D eigenvalue weighted by Gasteiger charge is 2.30. The lowest BCUT2D eigenvalue weighted by Crippen LogP contribution is -2.15. The summed E-state index contributed by atoms with van der Waals surface area (Å²) in [4.78, 5) is 0. The molecule has 72 valence electrons. The van der Waals surface area contributed by atoms with Crippen molar-refractivity contribution in [2.24, 2.45) is 0 Å². The smallest absolute Gasteiger partial charge is 0.153 e. The van der Waals surface area contributed by atoms with E-state index < -0.39 is 9.84 Å². The van der Waals surface area contributed by atoms with E-state index in [-0.39, 0.29) is 5.25 Å². The second kappa shape index (κ2) is 4.26. The molecule has 0 bridgehead atoms. The molecule has 0 amide bonds. The SMILES string of the molecule is CCCCC[C@@H]1CCCS1(=O)=O. The molecule has 3 heteroatoms. The number of hydrogen-bond acceptors (Lipinski definition) is 2. The molecule has 0 aromatic rings. The minimum Gasteiger partial charge on any atom is -0.229 e. The van der Waals surface area contributed by atoms with Crippen molar-refractivity contribution in [3.8, 4) is 0 Å². The van der Waals surface area contributed by atoms with E-state index in [4.69, 9.17) is 0 Å². The number of rotatable bonds is 4. The molecule has 0 saturated carbocycles. The Balaban J connectivity index is 2.32. The molecule has 0 radical (unpaired) electrons. The maximum absolute atomic E-state index is 11.4. The summed E-state index contributed by atoms with van der Waals surface area (Å²) in [5.41, 5.74) is 0. The summed E-state index contributed by atoms with van der Waals surface area (Å²) in [5, 5.41) is 0.00375. The second-order valence-electron chi connectivity index (χ2n) is 3.63. The van der Waals surface area contributed by atoms with Gasteiger partial charge >= 0.3 is 0 Å². The van der Waals surface area contributed by atoms with Crippen LogP contribution in [-0.2, 0) is 9.84 Å². The molecule has 0 unspecified atom stereocenters. The van der Waals surface area contributed by atoms with Crippen LogP contribution in [0.15, 0.2) is 0 Å². The van der Waals surface area contributed by atoms with Crippen LogP contribution >= 0.6 is 0 Å². The topological polar surface area (TPSA) is 34.1 Å². The van der Waals surface area contributed by atoms with E-state index in [2.05, 4.69) is 6.92 Å². The van der Waals surface area contributed by atoms with Gasteiger partial charge in [0.2, 0.25) is 0 Å². The van der Waals surface area contributed by atoms with Crippen LogP contribution in [0.5, 0.6) is 0 Å². The molecule has 0 aliphatic carbocycles. The predicted octanol–water partition coefficient (Wildman–Crippen LogP) is 2.14. The number of hydrogen-bond donors (Lipinski definition) is 0. The Bertz CT molecular complexity index is 219. The average molecular weight is 190 g/mol. The summed E-state index contributed by atoms with van der Waals surface area (Å²) in [7, 11) is -2.67. The molecule has 0 N–H and O–H groups in total. The van der Waals surface area contributed by atoms with E-state index in [0.717, 1.165) is 25.7 Å². The Labute approximate surface area is 75.3 Å². The van der Waals surface area contributed by atoms with Crippen molar-refractivity contribution in [1.29, 1.82) is 0 Å². The molecule has 0 aromatic heterocycles. The molecule has 1 aliphatic rings. The third-order valence-electron chi connectivity index (χ3n) is 2.59. The third-order valence-corrected chi connectivity index (χ3v) is 4.94. The zero-order valence-corrected chi connectivity index (χ0v) is 8.57. The van der Waals surface area contributed by atoms with Gasteiger partial charge in [-0.2, -0.15) is 0 Å². The lowest BCUT2D eigenvalue weighted by molar-refractivity contribution is 0.568. The van der Waals surface area contributed by atoms with Gasteiger partial charge in [0.15, 0.2) is 9.84 Å². The fourth-order valence-electron chi connectivity index (χ4n) is 1.80. The Morgan fingerprint density at radius 1 is 1.33 bits per heavy atom. The zero-order chi connectivity index (χ0) is 9.03. The van der Waals surface area contributed by atoms with Gasteiger partial charge in [-0.25, -0.2) is 8.42 Å². The highest BCUT2D eigenvalue weighted by Crippen LogP contribution is 2.24. The molecule has 12 heavy (non-hydrogen) atoms. The van der Waals surface area contributed by atoms with Gasteiger partial charge < -0.3 is 0 Å².